The van der Waals surface area contributed by atoms with Gasteiger partial charge in [-0.25, -0.2) is 9.97 Å². The van der Waals surface area contributed by atoms with E-state index < -0.39 is 0 Å². The maximum Gasteiger partial charge on any atom is 0.291 e. The van der Waals surface area contributed by atoms with E-state index in [2.05, 4.69) is 25.5 Å². The molecule has 2 rings (SSSR count). The highest BCUT2D eigenvalue weighted by Crippen LogP contribution is 2.07. The lowest BCUT2D eigenvalue weighted by atomic mass is 10.4. The summed E-state index contributed by atoms with van der Waals surface area (Å²) < 4.78 is 5.33. The number of hydrogen-bond acceptors (Lipinski definition) is 5. The molecule has 0 aliphatic heterocycles. The molecule has 1 amide bonds. The summed E-state index contributed by atoms with van der Waals surface area (Å²) in [7, 11) is 0. The predicted molar refractivity (Wildman–Crippen MR) is 58.3 cm³/mol. The van der Waals surface area contributed by atoms with Crippen LogP contribution in [0.25, 0.3) is 0 Å². The molecule has 0 bridgehead atoms. The van der Waals surface area contributed by atoms with Crippen molar-refractivity contribution in [1.82, 2.24) is 25.5 Å². The van der Waals surface area contributed by atoms with Crippen LogP contribution in [0.2, 0.25) is 0 Å². The number of oxazole rings is 1. The van der Waals surface area contributed by atoms with Crippen molar-refractivity contribution in [3.8, 4) is 0 Å². The Morgan fingerprint density at radius 2 is 2.12 bits per heavy atom. The van der Waals surface area contributed by atoms with Gasteiger partial charge in [-0.05, 0) is 20.8 Å². The molecule has 0 aliphatic carbocycles. The van der Waals surface area contributed by atoms with E-state index >= 15 is 0 Å². The average Bonchev–Trinajstić information content (AvgIpc) is 2.83. The van der Waals surface area contributed by atoms with E-state index in [0.717, 1.165) is 11.5 Å². The molecule has 17 heavy (non-hydrogen) atoms. The van der Waals surface area contributed by atoms with Gasteiger partial charge in [-0.15, -0.1) is 5.10 Å². The van der Waals surface area contributed by atoms with Gasteiger partial charge in [-0.1, -0.05) is 0 Å². The summed E-state index contributed by atoms with van der Waals surface area (Å²) in [4.78, 5) is 19.7. The van der Waals surface area contributed by atoms with Gasteiger partial charge >= 0.3 is 0 Å². The summed E-state index contributed by atoms with van der Waals surface area (Å²) >= 11 is 0. The predicted octanol–water partition coefficient (Wildman–Crippen LogP) is 0.648. The molecule has 0 saturated carbocycles. The number of aromatic nitrogens is 4. The van der Waals surface area contributed by atoms with E-state index in [4.69, 9.17) is 4.42 Å². The van der Waals surface area contributed by atoms with Gasteiger partial charge in [-0.2, -0.15) is 0 Å². The summed E-state index contributed by atoms with van der Waals surface area (Å²) in [5, 5.41) is 8.98. The fourth-order valence-corrected chi connectivity index (χ4v) is 1.29. The number of H-pyrrole nitrogens is 1. The quantitative estimate of drug-likeness (QED) is 0.814. The van der Waals surface area contributed by atoms with Gasteiger partial charge in [-0.3, -0.25) is 9.89 Å². The number of aromatic amines is 1. The van der Waals surface area contributed by atoms with E-state index in [0.29, 0.717) is 11.7 Å². The number of hydrogen-bond donors (Lipinski definition) is 2. The molecule has 0 spiro atoms. The zero-order valence-corrected chi connectivity index (χ0v) is 9.87. The Morgan fingerprint density at radius 3 is 2.65 bits per heavy atom. The number of aryl methyl sites for hydroxylation is 3. The highest BCUT2D eigenvalue weighted by atomic mass is 16.4. The number of nitrogens with zero attached hydrogens (tertiary/aromatic N) is 3. The van der Waals surface area contributed by atoms with Crippen LogP contribution in [0.5, 0.6) is 0 Å². The number of nitrogens with one attached hydrogen (secondary N) is 2. The lowest BCUT2D eigenvalue weighted by Gasteiger charge is -1.97. The Hall–Kier alpha value is -2.18. The molecule has 0 aromatic carbocycles. The van der Waals surface area contributed by atoms with Crippen molar-refractivity contribution in [2.75, 3.05) is 0 Å². The number of amides is 1. The summed E-state index contributed by atoms with van der Waals surface area (Å²) in [6, 6.07) is 0. The molecule has 7 nitrogen and oxygen atoms in total. The largest absolute Gasteiger partial charge is 0.444 e. The molecule has 2 aromatic rings. The second kappa shape index (κ2) is 4.36. The Bertz CT molecular complexity index is 523. The molecule has 2 aromatic heterocycles. The molecule has 2 heterocycles. The van der Waals surface area contributed by atoms with Crippen LogP contribution in [0.3, 0.4) is 0 Å². The summed E-state index contributed by atoms with van der Waals surface area (Å²) in [6.45, 7) is 5.63. The summed E-state index contributed by atoms with van der Waals surface area (Å²) in [6.07, 6.45) is 0. The van der Waals surface area contributed by atoms with Crippen LogP contribution in [0.4, 0.5) is 0 Å². The summed E-state index contributed by atoms with van der Waals surface area (Å²) in [5.41, 5.74) is 0.822. The Kier molecular flexibility index (Phi) is 2.90. The molecule has 0 saturated heterocycles. The molecule has 90 valence electrons. The van der Waals surface area contributed by atoms with Gasteiger partial charge in [0, 0.05) is 0 Å². The second-order valence-electron chi connectivity index (χ2n) is 3.68. The zero-order chi connectivity index (χ0) is 12.4. The van der Waals surface area contributed by atoms with Crippen molar-refractivity contribution in [2.24, 2.45) is 0 Å². The van der Waals surface area contributed by atoms with Crippen LogP contribution in [0.15, 0.2) is 4.42 Å². The van der Waals surface area contributed by atoms with Crippen LogP contribution in [0, 0.1) is 20.8 Å². The standard InChI is InChI=1S/C10H13N5O2/c1-5-6(2)17-8(12-5)4-11-10(16)9-13-7(3)14-15-9/h4H2,1-3H3,(H,11,16)(H,13,14,15). The van der Waals surface area contributed by atoms with E-state index in [9.17, 15) is 4.79 Å². The highest BCUT2D eigenvalue weighted by Gasteiger charge is 2.12. The third-order valence-corrected chi connectivity index (χ3v) is 2.27. The van der Waals surface area contributed by atoms with Crippen molar-refractivity contribution in [3.63, 3.8) is 0 Å². The maximum atomic E-state index is 11.6. The molecular weight excluding hydrogens is 222 g/mol. The third kappa shape index (κ3) is 2.49. The third-order valence-electron chi connectivity index (χ3n) is 2.27. The fourth-order valence-electron chi connectivity index (χ4n) is 1.29. The molecule has 0 atom stereocenters. The van der Waals surface area contributed by atoms with E-state index in [-0.39, 0.29) is 18.3 Å². The minimum absolute atomic E-state index is 0.113. The van der Waals surface area contributed by atoms with Gasteiger partial charge < -0.3 is 9.73 Å². The van der Waals surface area contributed by atoms with E-state index in [1.165, 1.54) is 0 Å². The molecule has 7 heteroatoms. The lowest BCUT2D eigenvalue weighted by Crippen LogP contribution is -2.24. The molecule has 0 fully saturated rings. The number of carbonyl (C=O) groups excluding carboxylic acids is 1. The lowest BCUT2D eigenvalue weighted by molar-refractivity contribution is 0.0937. The first-order valence-corrected chi connectivity index (χ1v) is 5.16. The van der Waals surface area contributed by atoms with Crippen molar-refractivity contribution < 1.29 is 9.21 Å². The number of carbonyl (C=O) groups is 1. The van der Waals surface area contributed by atoms with Crippen molar-refractivity contribution in [3.05, 3.63) is 29.0 Å². The zero-order valence-electron chi connectivity index (χ0n) is 9.87. The van der Waals surface area contributed by atoms with Crippen LogP contribution < -0.4 is 5.32 Å². The van der Waals surface area contributed by atoms with Crippen LogP contribution >= 0.6 is 0 Å². The van der Waals surface area contributed by atoms with Gasteiger partial charge in [0.15, 0.2) is 0 Å². The maximum absolute atomic E-state index is 11.6. The Labute approximate surface area is 97.7 Å². The van der Waals surface area contributed by atoms with Crippen LogP contribution in [-0.2, 0) is 6.54 Å². The highest BCUT2D eigenvalue weighted by molar-refractivity contribution is 5.90. The van der Waals surface area contributed by atoms with Crippen LogP contribution in [0.1, 0.15) is 33.8 Å². The van der Waals surface area contributed by atoms with Gasteiger partial charge in [0.2, 0.25) is 11.7 Å². The number of rotatable bonds is 3. The first-order valence-electron chi connectivity index (χ1n) is 5.16. The smallest absolute Gasteiger partial charge is 0.291 e. The second-order valence-corrected chi connectivity index (χ2v) is 3.68. The Morgan fingerprint density at radius 1 is 1.35 bits per heavy atom. The molecule has 0 unspecified atom stereocenters. The monoisotopic (exact) mass is 235 g/mol. The molecule has 0 radical (unpaired) electrons. The fraction of sp³-hybridized carbons (Fsp3) is 0.400. The first kappa shape index (κ1) is 11.3. The van der Waals surface area contributed by atoms with Crippen molar-refractivity contribution in [1.29, 1.82) is 0 Å². The molecule has 2 N–H and O–H groups in total. The first-order chi connectivity index (χ1) is 8.06. The summed E-state index contributed by atoms with van der Waals surface area (Å²) in [5.74, 6) is 1.58. The van der Waals surface area contributed by atoms with E-state index in [1.807, 2.05) is 13.8 Å². The topological polar surface area (TPSA) is 96.7 Å². The van der Waals surface area contributed by atoms with Gasteiger partial charge in [0.05, 0.1) is 12.2 Å². The van der Waals surface area contributed by atoms with Gasteiger partial charge in [0.1, 0.15) is 11.6 Å². The minimum Gasteiger partial charge on any atom is -0.444 e. The van der Waals surface area contributed by atoms with E-state index in [1.54, 1.807) is 6.92 Å². The molecular formula is C10H13N5O2. The normalized spacial score (nSPS) is 10.5. The van der Waals surface area contributed by atoms with Crippen LogP contribution in [-0.4, -0.2) is 26.1 Å². The minimum atomic E-state index is -0.358. The molecule has 0 aliphatic rings. The SMILES string of the molecule is Cc1nc(C(=O)NCc2nc(C)c(C)o2)n[nH]1. The van der Waals surface area contributed by atoms with Crippen molar-refractivity contribution >= 4 is 5.91 Å². The van der Waals surface area contributed by atoms with Gasteiger partial charge in [0.25, 0.3) is 5.91 Å². The van der Waals surface area contributed by atoms with Crippen molar-refractivity contribution in [2.45, 2.75) is 27.3 Å². The average molecular weight is 235 g/mol. The Balaban J connectivity index is 1.96.